The predicted octanol–water partition coefficient (Wildman–Crippen LogP) is 2.36. The summed E-state index contributed by atoms with van der Waals surface area (Å²) in [6.07, 6.45) is 0.990. The normalized spacial score (nSPS) is 16.3. The molecule has 0 fully saturated rings. The number of hydrogen-bond donors (Lipinski definition) is 1. The van der Waals surface area contributed by atoms with E-state index in [1.807, 2.05) is 12.1 Å². The Kier molecular flexibility index (Phi) is 3.01. The minimum Gasteiger partial charge on any atom is -0.313 e. The molecule has 1 heterocycles. The first-order valence-corrected chi connectivity index (χ1v) is 5.32. The van der Waals surface area contributed by atoms with Gasteiger partial charge in [0, 0.05) is 18.7 Å². The Morgan fingerprint density at radius 3 is 2.56 bits per heavy atom. The van der Waals surface area contributed by atoms with Crippen molar-refractivity contribution in [3.63, 3.8) is 0 Å². The number of non-ortho nitro benzene ring substituents is 1. The Morgan fingerprint density at radius 2 is 2.00 bits per heavy atom. The molecule has 0 spiro atoms. The summed E-state index contributed by atoms with van der Waals surface area (Å²) in [6, 6.07) is 6.81. The van der Waals surface area contributed by atoms with Crippen LogP contribution in [0.25, 0.3) is 5.57 Å². The van der Waals surface area contributed by atoms with Crippen molar-refractivity contribution in [2.24, 2.45) is 0 Å². The number of benzene rings is 1. The summed E-state index contributed by atoms with van der Waals surface area (Å²) in [5, 5.41) is 13.8. The number of nitrogens with one attached hydrogen (secondary N) is 1. The molecule has 0 saturated carbocycles. The predicted molar refractivity (Wildman–Crippen MR) is 63.2 cm³/mol. The van der Waals surface area contributed by atoms with E-state index < -0.39 is 0 Å². The van der Waals surface area contributed by atoms with Crippen molar-refractivity contribution in [2.75, 3.05) is 13.1 Å². The molecule has 1 N–H and O–H groups in total. The SMILES string of the molecule is CC1=C(c2ccc([N+](=O)[O-])cc2)CCNC1. The third-order valence-corrected chi connectivity index (χ3v) is 2.88. The molecular weight excluding hydrogens is 204 g/mol. The summed E-state index contributed by atoms with van der Waals surface area (Å²) in [6.45, 7) is 3.99. The zero-order chi connectivity index (χ0) is 11.5. The first kappa shape index (κ1) is 10.8. The second kappa shape index (κ2) is 4.45. The molecule has 2 rings (SSSR count). The molecule has 0 amide bonds. The van der Waals surface area contributed by atoms with E-state index in [0.717, 1.165) is 25.1 Å². The number of nitrogens with zero attached hydrogens (tertiary/aromatic N) is 1. The van der Waals surface area contributed by atoms with Gasteiger partial charge >= 0.3 is 0 Å². The van der Waals surface area contributed by atoms with E-state index in [0.29, 0.717) is 0 Å². The zero-order valence-corrected chi connectivity index (χ0v) is 9.19. The van der Waals surface area contributed by atoms with Gasteiger partial charge in [-0.15, -0.1) is 0 Å². The van der Waals surface area contributed by atoms with Crippen LogP contribution in [0, 0.1) is 10.1 Å². The molecule has 0 unspecified atom stereocenters. The van der Waals surface area contributed by atoms with Gasteiger partial charge in [0.2, 0.25) is 0 Å². The van der Waals surface area contributed by atoms with Gasteiger partial charge in [-0.1, -0.05) is 5.57 Å². The monoisotopic (exact) mass is 218 g/mol. The average Bonchev–Trinajstić information content (AvgIpc) is 2.30. The lowest BCUT2D eigenvalue weighted by Crippen LogP contribution is -2.23. The lowest BCUT2D eigenvalue weighted by Gasteiger charge is -2.19. The largest absolute Gasteiger partial charge is 0.313 e. The van der Waals surface area contributed by atoms with Crippen LogP contribution in [-0.4, -0.2) is 18.0 Å². The van der Waals surface area contributed by atoms with Crippen molar-refractivity contribution in [3.8, 4) is 0 Å². The Balaban J connectivity index is 2.31. The average molecular weight is 218 g/mol. The zero-order valence-electron chi connectivity index (χ0n) is 9.19. The van der Waals surface area contributed by atoms with Crippen molar-refractivity contribution in [1.29, 1.82) is 0 Å². The molecule has 0 aromatic heterocycles. The molecular formula is C12H14N2O2. The second-order valence-electron chi connectivity index (χ2n) is 3.99. The highest BCUT2D eigenvalue weighted by atomic mass is 16.6. The highest BCUT2D eigenvalue weighted by Crippen LogP contribution is 2.25. The van der Waals surface area contributed by atoms with Gasteiger partial charge in [-0.3, -0.25) is 10.1 Å². The van der Waals surface area contributed by atoms with E-state index in [1.165, 1.54) is 11.1 Å². The summed E-state index contributed by atoms with van der Waals surface area (Å²) >= 11 is 0. The third kappa shape index (κ3) is 2.12. The van der Waals surface area contributed by atoms with Crippen LogP contribution in [0.2, 0.25) is 0 Å². The number of hydrogen-bond acceptors (Lipinski definition) is 3. The van der Waals surface area contributed by atoms with Crippen LogP contribution in [0.15, 0.2) is 29.8 Å². The van der Waals surface area contributed by atoms with Crippen molar-refractivity contribution in [2.45, 2.75) is 13.3 Å². The van der Waals surface area contributed by atoms with Crippen LogP contribution in [-0.2, 0) is 0 Å². The molecule has 0 radical (unpaired) electrons. The van der Waals surface area contributed by atoms with E-state index in [-0.39, 0.29) is 10.6 Å². The number of rotatable bonds is 2. The lowest BCUT2D eigenvalue weighted by atomic mass is 9.95. The first-order chi connectivity index (χ1) is 7.68. The summed E-state index contributed by atoms with van der Waals surface area (Å²) in [4.78, 5) is 10.2. The first-order valence-electron chi connectivity index (χ1n) is 5.32. The molecule has 0 bridgehead atoms. The Hall–Kier alpha value is -1.68. The van der Waals surface area contributed by atoms with Crippen molar-refractivity contribution in [1.82, 2.24) is 5.32 Å². The van der Waals surface area contributed by atoms with Crippen LogP contribution in [0.1, 0.15) is 18.9 Å². The lowest BCUT2D eigenvalue weighted by molar-refractivity contribution is -0.384. The fraction of sp³-hybridized carbons (Fsp3) is 0.333. The molecule has 4 heteroatoms. The van der Waals surface area contributed by atoms with E-state index in [4.69, 9.17) is 0 Å². The minimum atomic E-state index is -0.368. The van der Waals surface area contributed by atoms with Gasteiger partial charge in [0.1, 0.15) is 0 Å². The molecule has 84 valence electrons. The van der Waals surface area contributed by atoms with Gasteiger partial charge in [0.15, 0.2) is 0 Å². The maximum atomic E-state index is 10.5. The molecule has 1 aliphatic heterocycles. The molecule has 16 heavy (non-hydrogen) atoms. The standard InChI is InChI=1S/C12H14N2O2/c1-9-8-13-7-6-12(9)10-2-4-11(5-3-10)14(15)16/h2-5,13H,6-8H2,1H3. The fourth-order valence-corrected chi connectivity index (χ4v) is 1.98. The summed E-state index contributed by atoms with van der Waals surface area (Å²) < 4.78 is 0. The molecule has 4 nitrogen and oxygen atoms in total. The van der Waals surface area contributed by atoms with Gasteiger partial charge in [-0.25, -0.2) is 0 Å². The highest BCUT2D eigenvalue weighted by Gasteiger charge is 2.12. The van der Waals surface area contributed by atoms with Crippen LogP contribution >= 0.6 is 0 Å². The smallest absolute Gasteiger partial charge is 0.269 e. The molecule has 0 atom stereocenters. The Bertz CT molecular complexity index is 435. The van der Waals surface area contributed by atoms with Crippen molar-refractivity contribution >= 4 is 11.3 Å². The van der Waals surface area contributed by atoms with Crippen molar-refractivity contribution < 1.29 is 4.92 Å². The van der Waals surface area contributed by atoms with Crippen LogP contribution < -0.4 is 5.32 Å². The Labute approximate surface area is 94.1 Å². The quantitative estimate of drug-likeness (QED) is 0.612. The van der Waals surface area contributed by atoms with E-state index in [2.05, 4.69) is 12.2 Å². The van der Waals surface area contributed by atoms with E-state index >= 15 is 0 Å². The summed E-state index contributed by atoms with van der Waals surface area (Å²) in [5.74, 6) is 0. The van der Waals surface area contributed by atoms with Crippen LogP contribution in [0.3, 0.4) is 0 Å². The van der Waals surface area contributed by atoms with Gasteiger partial charge < -0.3 is 5.32 Å². The van der Waals surface area contributed by atoms with Gasteiger partial charge in [0.25, 0.3) is 5.69 Å². The fourth-order valence-electron chi connectivity index (χ4n) is 1.98. The van der Waals surface area contributed by atoms with Gasteiger partial charge in [-0.2, -0.15) is 0 Å². The third-order valence-electron chi connectivity index (χ3n) is 2.88. The van der Waals surface area contributed by atoms with Gasteiger partial charge in [-0.05, 0) is 43.2 Å². The maximum Gasteiger partial charge on any atom is 0.269 e. The Morgan fingerprint density at radius 1 is 1.31 bits per heavy atom. The molecule has 0 saturated heterocycles. The number of nitro benzene ring substituents is 1. The topological polar surface area (TPSA) is 55.2 Å². The number of nitro groups is 1. The molecule has 1 aromatic carbocycles. The highest BCUT2D eigenvalue weighted by molar-refractivity contribution is 5.70. The van der Waals surface area contributed by atoms with E-state index in [9.17, 15) is 10.1 Å². The summed E-state index contributed by atoms with van der Waals surface area (Å²) in [5.41, 5.74) is 3.88. The maximum absolute atomic E-state index is 10.5. The molecule has 1 aromatic rings. The molecule has 1 aliphatic rings. The van der Waals surface area contributed by atoms with Crippen LogP contribution in [0.5, 0.6) is 0 Å². The van der Waals surface area contributed by atoms with Crippen LogP contribution in [0.4, 0.5) is 5.69 Å². The molecule has 0 aliphatic carbocycles. The summed E-state index contributed by atoms with van der Waals surface area (Å²) in [7, 11) is 0. The van der Waals surface area contributed by atoms with E-state index in [1.54, 1.807) is 12.1 Å². The van der Waals surface area contributed by atoms with Crippen molar-refractivity contribution in [3.05, 3.63) is 45.5 Å². The second-order valence-corrected chi connectivity index (χ2v) is 3.99. The van der Waals surface area contributed by atoms with Gasteiger partial charge in [0.05, 0.1) is 4.92 Å². The minimum absolute atomic E-state index is 0.149.